The molecule has 6 heteroatoms. The van der Waals surface area contributed by atoms with Gasteiger partial charge in [-0.3, -0.25) is 0 Å². The summed E-state index contributed by atoms with van der Waals surface area (Å²) in [7, 11) is 0. The molecular formula is C12H17NO5. The van der Waals surface area contributed by atoms with E-state index >= 15 is 0 Å². The number of ether oxygens (including phenoxy) is 2. The van der Waals surface area contributed by atoms with Crippen LogP contribution in [0.2, 0.25) is 0 Å². The smallest absolute Gasteiger partial charge is 0.226 e. The molecule has 0 saturated carbocycles. The maximum absolute atomic E-state index is 9.75. The molecular weight excluding hydrogens is 238 g/mol. The van der Waals surface area contributed by atoms with Gasteiger partial charge in [0.2, 0.25) is 6.29 Å². The lowest BCUT2D eigenvalue weighted by Gasteiger charge is -2.36. The molecule has 4 atom stereocenters. The Labute approximate surface area is 105 Å². The largest absolute Gasteiger partial charge is 0.462 e. The summed E-state index contributed by atoms with van der Waals surface area (Å²) in [6.45, 7) is -0.324. The van der Waals surface area contributed by atoms with Crippen LogP contribution in [0.25, 0.3) is 0 Å². The number of nitrogen functional groups attached to an aromatic ring is 1. The van der Waals surface area contributed by atoms with Gasteiger partial charge >= 0.3 is 0 Å². The van der Waals surface area contributed by atoms with E-state index in [1.807, 2.05) is 0 Å². The molecule has 0 amide bonds. The molecule has 1 fully saturated rings. The quantitative estimate of drug-likeness (QED) is 0.541. The van der Waals surface area contributed by atoms with E-state index in [0.29, 0.717) is 11.4 Å². The Balaban J connectivity index is 2.01. The third-order valence-electron chi connectivity index (χ3n) is 2.85. The van der Waals surface area contributed by atoms with E-state index in [0.717, 1.165) is 0 Å². The Bertz CT molecular complexity index is 383. The van der Waals surface area contributed by atoms with Crippen molar-refractivity contribution < 1.29 is 24.8 Å². The summed E-state index contributed by atoms with van der Waals surface area (Å²) in [4.78, 5) is 0. The second kappa shape index (κ2) is 5.53. The fraction of sp³-hybridized carbons (Fsp3) is 0.500. The third-order valence-corrected chi connectivity index (χ3v) is 2.85. The van der Waals surface area contributed by atoms with Crippen molar-refractivity contribution >= 4 is 5.69 Å². The normalized spacial score (nSPS) is 32.2. The number of anilines is 1. The fourth-order valence-corrected chi connectivity index (χ4v) is 1.82. The summed E-state index contributed by atoms with van der Waals surface area (Å²) >= 11 is 0. The third kappa shape index (κ3) is 2.91. The lowest BCUT2D eigenvalue weighted by molar-refractivity contribution is -0.240. The maximum atomic E-state index is 9.75. The van der Waals surface area contributed by atoms with Gasteiger partial charge in [0.15, 0.2) is 0 Å². The van der Waals surface area contributed by atoms with E-state index in [1.165, 1.54) is 0 Å². The molecule has 0 spiro atoms. The Morgan fingerprint density at radius 3 is 2.50 bits per heavy atom. The van der Waals surface area contributed by atoms with Crippen LogP contribution in [0.5, 0.6) is 5.75 Å². The second-order valence-electron chi connectivity index (χ2n) is 4.28. The standard InChI is InChI=1S/C12H17NO5/c13-7-1-3-8(4-2-7)17-12-10(16)5-9(15)11(6-14)18-12/h1-4,9-12,14-16H,5-6,13H2/t9-,10-,11+,12-/m1/s1. The summed E-state index contributed by atoms with van der Waals surface area (Å²) in [5, 5.41) is 28.3. The Hall–Kier alpha value is -1.34. The maximum Gasteiger partial charge on any atom is 0.226 e. The number of hydrogen-bond donors (Lipinski definition) is 4. The number of hydrogen-bond acceptors (Lipinski definition) is 6. The summed E-state index contributed by atoms with van der Waals surface area (Å²) in [5.41, 5.74) is 6.15. The predicted molar refractivity (Wildman–Crippen MR) is 63.9 cm³/mol. The molecule has 1 aromatic rings. The first-order valence-corrected chi connectivity index (χ1v) is 5.75. The van der Waals surface area contributed by atoms with Gasteiger partial charge in [0, 0.05) is 12.1 Å². The van der Waals surface area contributed by atoms with Crippen molar-refractivity contribution in [1.82, 2.24) is 0 Å². The van der Waals surface area contributed by atoms with E-state index < -0.39 is 24.6 Å². The van der Waals surface area contributed by atoms with E-state index in [-0.39, 0.29) is 13.0 Å². The van der Waals surface area contributed by atoms with Gasteiger partial charge < -0.3 is 30.5 Å². The highest BCUT2D eigenvalue weighted by atomic mass is 16.7. The van der Waals surface area contributed by atoms with Crippen LogP contribution in [-0.4, -0.2) is 46.5 Å². The van der Waals surface area contributed by atoms with Crippen molar-refractivity contribution in [3.05, 3.63) is 24.3 Å². The van der Waals surface area contributed by atoms with Crippen LogP contribution in [0, 0.1) is 0 Å². The van der Waals surface area contributed by atoms with Crippen LogP contribution in [-0.2, 0) is 4.74 Å². The minimum atomic E-state index is -0.944. The first kappa shape index (κ1) is 13.1. The van der Waals surface area contributed by atoms with Crippen molar-refractivity contribution in [1.29, 1.82) is 0 Å². The highest BCUT2D eigenvalue weighted by Gasteiger charge is 2.37. The topological polar surface area (TPSA) is 105 Å². The number of nitrogens with two attached hydrogens (primary N) is 1. The van der Waals surface area contributed by atoms with Gasteiger partial charge in [-0.1, -0.05) is 0 Å². The van der Waals surface area contributed by atoms with E-state index in [9.17, 15) is 10.2 Å². The summed E-state index contributed by atoms with van der Waals surface area (Å²) < 4.78 is 10.7. The lowest BCUT2D eigenvalue weighted by atomic mass is 10.0. The van der Waals surface area contributed by atoms with E-state index in [1.54, 1.807) is 24.3 Å². The van der Waals surface area contributed by atoms with Crippen LogP contribution in [0.15, 0.2) is 24.3 Å². The average molecular weight is 255 g/mol. The van der Waals surface area contributed by atoms with Crippen LogP contribution in [0.1, 0.15) is 6.42 Å². The molecule has 18 heavy (non-hydrogen) atoms. The molecule has 0 aromatic heterocycles. The molecule has 0 aliphatic carbocycles. The molecule has 5 N–H and O–H groups in total. The fourth-order valence-electron chi connectivity index (χ4n) is 1.82. The molecule has 0 bridgehead atoms. The first-order valence-electron chi connectivity index (χ1n) is 5.75. The molecule has 0 unspecified atom stereocenters. The van der Waals surface area contributed by atoms with Gasteiger partial charge in [0.25, 0.3) is 0 Å². The van der Waals surface area contributed by atoms with Crippen LogP contribution in [0.4, 0.5) is 5.69 Å². The molecule has 1 aliphatic rings. The van der Waals surface area contributed by atoms with Gasteiger partial charge in [0.1, 0.15) is 18.0 Å². The van der Waals surface area contributed by atoms with Crippen molar-refractivity contribution in [2.24, 2.45) is 0 Å². The van der Waals surface area contributed by atoms with Crippen molar-refractivity contribution in [3.8, 4) is 5.75 Å². The van der Waals surface area contributed by atoms with E-state index in [2.05, 4.69) is 0 Å². The minimum Gasteiger partial charge on any atom is -0.462 e. The Morgan fingerprint density at radius 2 is 1.89 bits per heavy atom. The molecule has 2 rings (SSSR count). The van der Waals surface area contributed by atoms with Crippen molar-refractivity contribution in [3.63, 3.8) is 0 Å². The summed E-state index contributed by atoms with van der Waals surface area (Å²) in [6.07, 6.45) is -3.39. The van der Waals surface area contributed by atoms with E-state index in [4.69, 9.17) is 20.3 Å². The van der Waals surface area contributed by atoms with Crippen molar-refractivity contribution in [2.75, 3.05) is 12.3 Å². The number of aliphatic hydroxyl groups is 3. The van der Waals surface area contributed by atoms with Crippen LogP contribution >= 0.6 is 0 Å². The molecule has 100 valence electrons. The minimum absolute atomic E-state index is 0.102. The average Bonchev–Trinajstić information content (AvgIpc) is 2.35. The van der Waals surface area contributed by atoms with Crippen molar-refractivity contribution in [2.45, 2.75) is 31.0 Å². The first-order chi connectivity index (χ1) is 8.60. The lowest BCUT2D eigenvalue weighted by Crippen LogP contribution is -2.50. The molecule has 1 aliphatic heterocycles. The summed E-state index contributed by atoms with van der Waals surface area (Å²) in [5.74, 6) is 0.501. The van der Waals surface area contributed by atoms with Gasteiger partial charge in [-0.25, -0.2) is 0 Å². The predicted octanol–water partition coefficient (Wildman–Crippen LogP) is -0.523. The zero-order valence-electron chi connectivity index (χ0n) is 9.77. The Morgan fingerprint density at radius 1 is 1.22 bits per heavy atom. The second-order valence-corrected chi connectivity index (χ2v) is 4.28. The van der Waals surface area contributed by atoms with Gasteiger partial charge in [-0.2, -0.15) is 0 Å². The zero-order valence-corrected chi connectivity index (χ0v) is 9.77. The van der Waals surface area contributed by atoms with Gasteiger partial charge in [0.05, 0.1) is 12.7 Å². The number of rotatable bonds is 3. The number of aliphatic hydroxyl groups excluding tert-OH is 3. The zero-order chi connectivity index (χ0) is 13.1. The number of benzene rings is 1. The highest BCUT2D eigenvalue weighted by molar-refractivity contribution is 5.41. The van der Waals surface area contributed by atoms with Crippen LogP contribution in [0.3, 0.4) is 0 Å². The summed E-state index contributed by atoms with van der Waals surface area (Å²) in [6, 6.07) is 6.65. The van der Waals surface area contributed by atoms with Gasteiger partial charge in [-0.15, -0.1) is 0 Å². The molecule has 1 saturated heterocycles. The monoisotopic (exact) mass is 255 g/mol. The highest BCUT2D eigenvalue weighted by Crippen LogP contribution is 2.24. The van der Waals surface area contributed by atoms with Gasteiger partial charge in [-0.05, 0) is 24.3 Å². The molecule has 0 radical (unpaired) electrons. The SMILES string of the molecule is Nc1ccc(O[C@@H]2O[C@@H](CO)[C@H](O)C[C@H]2O)cc1. The molecule has 1 heterocycles. The Kier molecular flexibility index (Phi) is 4.03. The molecule has 6 nitrogen and oxygen atoms in total. The molecule has 1 aromatic carbocycles. The van der Waals surface area contributed by atoms with Crippen LogP contribution < -0.4 is 10.5 Å².